The largest absolute Gasteiger partial charge is 0.294 e. The number of rotatable bonds is 5. The molecule has 0 radical (unpaired) electrons. The highest BCUT2D eigenvalue weighted by molar-refractivity contribution is 6.25. The van der Waals surface area contributed by atoms with Crippen molar-refractivity contribution in [2.45, 2.75) is 11.3 Å². The van der Waals surface area contributed by atoms with Crippen molar-refractivity contribution in [2.24, 2.45) is 16.8 Å². The van der Waals surface area contributed by atoms with Crippen LogP contribution >= 0.6 is 0 Å². The van der Waals surface area contributed by atoms with E-state index in [9.17, 15) is 29.8 Å². The van der Waals surface area contributed by atoms with Crippen LogP contribution in [0.2, 0.25) is 0 Å². The monoisotopic (exact) mass is 544 g/mol. The van der Waals surface area contributed by atoms with E-state index in [1.807, 2.05) is 48.5 Å². The molecule has 2 bridgehead atoms. The predicted molar refractivity (Wildman–Crippen MR) is 149 cm³/mol. The number of benzene rings is 4. The lowest BCUT2D eigenvalue weighted by Gasteiger charge is -2.52. The molecule has 4 aromatic rings. The van der Waals surface area contributed by atoms with Crippen molar-refractivity contribution in [2.75, 3.05) is 4.90 Å². The smallest absolute Gasteiger partial charge is 0.274 e. The van der Waals surface area contributed by atoms with Crippen LogP contribution in [0.5, 0.6) is 0 Å². The number of carbonyl (C=O) groups is 2. The quantitative estimate of drug-likeness (QED) is 0.142. The van der Waals surface area contributed by atoms with Gasteiger partial charge in [-0.3, -0.25) is 34.8 Å². The molecule has 1 saturated heterocycles. The van der Waals surface area contributed by atoms with Gasteiger partial charge in [0, 0.05) is 24.3 Å². The number of amides is 2. The molecule has 2 atom stereocenters. The minimum Gasteiger partial charge on any atom is -0.274 e. The summed E-state index contributed by atoms with van der Waals surface area (Å²) in [6, 6.07) is 26.8. The van der Waals surface area contributed by atoms with Crippen LogP contribution in [0.4, 0.5) is 22.7 Å². The summed E-state index contributed by atoms with van der Waals surface area (Å²) in [6.45, 7) is 0. The van der Waals surface area contributed by atoms with Crippen molar-refractivity contribution in [3.05, 3.63) is 140 Å². The first-order chi connectivity index (χ1) is 19.9. The van der Waals surface area contributed by atoms with Gasteiger partial charge in [-0.05, 0) is 34.4 Å². The zero-order chi connectivity index (χ0) is 28.5. The van der Waals surface area contributed by atoms with Crippen LogP contribution in [0.1, 0.15) is 28.2 Å². The standard InChI is InChI=1S/C31H20N4O6/c36-29-27-26-18-9-1-3-11-20(18)31(21-12-4-2-10-19(21)26,17-32-22-13-5-6-14-23(22)34(38)39)28(27)30(37)33(29)24-15-7-8-16-25(24)35(40)41/h1-17,26-28H/t26?,27-,28-,31?/m1/s1. The average molecular weight is 545 g/mol. The fourth-order valence-electron chi connectivity index (χ4n) is 6.99. The lowest BCUT2D eigenvalue weighted by molar-refractivity contribution is -0.384. The second-order valence-corrected chi connectivity index (χ2v) is 10.3. The van der Waals surface area contributed by atoms with E-state index in [-0.39, 0.29) is 22.7 Å². The number of anilines is 1. The molecule has 1 aliphatic heterocycles. The van der Waals surface area contributed by atoms with Crippen molar-refractivity contribution in [3.8, 4) is 0 Å². The zero-order valence-corrected chi connectivity index (χ0v) is 21.3. The minimum atomic E-state index is -1.26. The van der Waals surface area contributed by atoms with Crippen LogP contribution in [-0.2, 0) is 15.0 Å². The predicted octanol–water partition coefficient (Wildman–Crippen LogP) is 5.46. The molecule has 1 heterocycles. The lowest BCUT2D eigenvalue weighted by Crippen LogP contribution is -2.54. The van der Waals surface area contributed by atoms with E-state index in [0.29, 0.717) is 0 Å². The molecule has 10 nitrogen and oxygen atoms in total. The van der Waals surface area contributed by atoms with E-state index < -0.39 is 44.8 Å². The summed E-state index contributed by atoms with van der Waals surface area (Å²) < 4.78 is 0. The van der Waals surface area contributed by atoms with Gasteiger partial charge in [-0.15, -0.1) is 0 Å². The van der Waals surface area contributed by atoms with Crippen LogP contribution in [0.15, 0.2) is 102 Å². The number of nitro groups is 2. The molecule has 4 aliphatic rings. The molecule has 0 N–H and O–H groups in total. The van der Waals surface area contributed by atoms with Gasteiger partial charge >= 0.3 is 0 Å². The van der Waals surface area contributed by atoms with Gasteiger partial charge in [0.15, 0.2) is 0 Å². The first-order valence-electron chi connectivity index (χ1n) is 12.9. The highest BCUT2D eigenvalue weighted by atomic mass is 16.6. The Kier molecular flexibility index (Phi) is 5.23. The third-order valence-corrected chi connectivity index (χ3v) is 8.49. The number of hydrogen-bond donors (Lipinski definition) is 0. The second-order valence-electron chi connectivity index (χ2n) is 10.3. The summed E-state index contributed by atoms with van der Waals surface area (Å²) in [7, 11) is 0. The molecule has 1 fully saturated rings. The number of carbonyl (C=O) groups excluding carboxylic acids is 2. The van der Waals surface area contributed by atoms with E-state index in [1.54, 1.807) is 24.4 Å². The van der Waals surface area contributed by atoms with Crippen LogP contribution < -0.4 is 4.90 Å². The number of imide groups is 1. The Morgan fingerprint density at radius 3 is 1.88 bits per heavy atom. The first kappa shape index (κ1) is 24.5. The van der Waals surface area contributed by atoms with Crippen molar-refractivity contribution >= 4 is 40.8 Å². The molecule has 8 rings (SSSR count). The number of aliphatic imine (C=N–C) groups is 1. The topological polar surface area (TPSA) is 136 Å². The Bertz CT molecular complexity index is 1800. The second kappa shape index (κ2) is 8.75. The van der Waals surface area contributed by atoms with E-state index in [4.69, 9.17) is 0 Å². The third kappa shape index (κ3) is 3.21. The Morgan fingerprint density at radius 2 is 1.24 bits per heavy atom. The van der Waals surface area contributed by atoms with E-state index in [2.05, 4.69) is 4.99 Å². The molecule has 4 aromatic carbocycles. The molecule has 10 heteroatoms. The SMILES string of the molecule is O=C1[C@@H]2C3c4ccccc4C(C=Nc4ccccc4[N+](=O)[O-])(c4ccccc43)[C@H]2C(=O)N1c1ccccc1[N+](=O)[O-]. The van der Waals surface area contributed by atoms with Gasteiger partial charge < -0.3 is 0 Å². The molecule has 0 spiro atoms. The van der Waals surface area contributed by atoms with Crippen molar-refractivity contribution in [1.82, 2.24) is 0 Å². The summed E-state index contributed by atoms with van der Waals surface area (Å²) in [5.74, 6) is -3.39. The van der Waals surface area contributed by atoms with Gasteiger partial charge in [-0.25, -0.2) is 4.90 Å². The molecule has 0 unspecified atom stereocenters. The van der Waals surface area contributed by atoms with E-state index in [1.165, 1.54) is 30.3 Å². The van der Waals surface area contributed by atoms with Crippen molar-refractivity contribution < 1.29 is 19.4 Å². The highest BCUT2D eigenvalue weighted by Crippen LogP contribution is 2.64. The van der Waals surface area contributed by atoms with E-state index in [0.717, 1.165) is 27.2 Å². The Labute approximate surface area is 232 Å². The Hall–Kier alpha value is -5.51. The summed E-state index contributed by atoms with van der Waals surface area (Å²) >= 11 is 0. The normalized spacial score (nSPS) is 23.8. The molecular formula is C31H20N4O6. The number of para-hydroxylation sites is 4. The number of nitrogens with zero attached hydrogens (tertiary/aromatic N) is 4. The molecule has 0 saturated carbocycles. The molecular weight excluding hydrogens is 524 g/mol. The number of nitro benzene ring substituents is 2. The zero-order valence-electron chi connectivity index (χ0n) is 21.3. The minimum absolute atomic E-state index is 0.0831. The Morgan fingerprint density at radius 1 is 0.707 bits per heavy atom. The molecule has 2 amide bonds. The van der Waals surface area contributed by atoms with Gasteiger partial charge in [0.05, 0.1) is 27.1 Å². The Balaban J connectivity index is 1.51. The fraction of sp³-hybridized carbons (Fsp3) is 0.129. The van der Waals surface area contributed by atoms with Crippen molar-refractivity contribution in [3.63, 3.8) is 0 Å². The molecule has 0 aromatic heterocycles. The maximum Gasteiger partial charge on any atom is 0.294 e. The fourth-order valence-corrected chi connectivity index (χ4v) is 6.99. The van der Waals surface area contributed by atoms with E-state index >= 15 is 0 Å². The molecule has 41 heavy (non-hydrogen) atoms. The van der Waals surface area contributed by atoms with Crippen LogP contribution in [-0.4, -0.2) is 27.9 Å². The van der Waals surface area contributed by atoms with Gasteiger partial charge in [-0.2, -0.15) is 0 Å². The van der Waals surface area contributed by atoms with Gasteiger partial charge in [0.1, 0.15) is 11.4 Å². The highest BCUT2D eigenvalue weighted by Gasteiger charge is 2.68. The number of hydrogen-bond acceptors (Lipinski definition) is 7. The maximum absolute atomic E-state index is 14.4. The van der Waals surface area contributed by atoms with Gasteiger partial charge in [0.2, 0.25) is 11.8 Å². The average Bonchev–Trinajstić information content (AvgIpc) is 3.26. The maximum atomic E-state index is 14.4. The van der Waals surface area contributed by atoms with Gasteiger partial charge in [-0.1, -0.05) is 72.8 Å². The first-order valence-corrected chi connectivity index (χ1v) is 12.9. The summed E-state index contributed by atoms with van der Waals surface area (Å²) in [6.07, 6.45) is 1.56. The van der Waals surface area contributed by atoms with Crippen LogP contribution in [0.25, 0.3) is 0 Å². The lowest BCUT2D eigenvalue weighted by atomic mass is 9.47. The summed E-state index contributed by atoms with van der Waals surface area (Å²) in [4.78, 5) is 56.8. The summed E-state index contributed by atoms with van der Waals surface area (Å²) in [5, 5.41) is 23.7. The molecule has 3 aliphatic carbocycles. The van der Waals surface area contributed by atoms with Crippen LogP contribution in [0, 0.1) is 32.1 Å². The van der Waals surface area contributed by atoms with Gasteiger partial charge in [0.25, 0.3) is 11.4 Å². The van der Waals surface area contributed by atoms with Crippen molar-refractivity contribution in [1.29, 1.82) is 0 Å². The molecule has 200 valence electrons. The summed E-state index contributed by atoms with van der Waals surface area (Å²) in [5.41, 5.74) is 1.48. The van der Waals surface area contributed by atoms with Crippen LogP contribution in [0.3, 0.4) is 0 Å². The third-order valence-electron chi connectivity index (χ3n) is 8.49.